The third kappa shape index (κ3) is 5.60. The molecule has 0 bridgehead atoms. The van der Waals surface area contributed by atoms with Crippen LogP contribution in [0, 0.1) is 19.8 Å². The molecule has 0 saturated heterocycles. The number of nitrogens with one attached hydrogen (secondary N) is 1. The molecule has 6 heteroatoms. The van der Waals surface area contributed by atoms with Crippen molar-refractivity contribution in [2.24, 2.45) is 5.92 Å². The number of hydrogen-bond acceptors (Lipinski definition) is 5. The Morgan fingerprint density at radius 2 is 1.96 bits per heavy atom. The van der Waals surface area contributed by atoms with Crippen LogP contribution < -0.4 is 10.1 Å². The Morgan fingerprint density at radius 3 is 2.52 bits per heavy atom. The largest absolute Gasteiger partial charge is 0.489 e. The second kappa shape index (κ2) is 8.67. The Balaban J connectivity index is 1.85. The van der Waals surface area contributed by atoms with Gasteiger partial charge in [0.15, 0.2) is 0 Å². The van der Waals surface area contributed by atoms with E-state index < -0.39 is 0 Å². The summed E-state index contributed by atoms with van der Waals surface area (Å²) < 4.78 is 10.8. The average molecular weight is 346 g/mol. The summed E-state index contributed by atoms with van der Waals surface area (Å²) >= 11 is 0. The highest BCUT2D eigenvalue weighted by molar-refractivity contribution is 5.94. The summed E-state index contributed by atoms with van der Waals surface area (Å²) in [7, 11) is 0. The minimum atomic E-state index is -0.360. The van der Waals surface area contributed by atoms with Gasteiger partial charge in [0.1, 0.15) is 18.1 Å². The SMILES string of the molecule is Cc1noc(C)c1COc1ccc(C(=O)NCC(C)CC(C)O)cc1. The number of carbonyl (C=O) groups is 1. The van der Waals surface area contributed by atoms with Crippen molar-refractivity contribution in [1.82, 2.24) is 10.5 Å². The summed E-state index contributed by atoms with van der Waals surface area (Å²) in [4.78, 5) is 12.1. The highest BCUT2D eigenvalue weighted by atomic mass is 16.5. The monoisotopic (exact) mass is 346 g/mol. The van der Waals surface area contributed by atoms with Gasteiger partial charge in [-0.2, -0.15) is 0 Å². The molecule has 1 aromatic carbocycles. The number of ether oxygens (including phenoxy) is 1. The van der Waals surface area contributed by atoms with Crippen molar-refractivity contribution < 1.29 is 19.2 Å². The summed E-state index contributed by atoms with van der Waals surface area (Å²) in [5.74, 6) is 1.52. The molecule has 1 heterocycles. The number of amides is 1. The highest BCUT2D eigenvalue weighted by Gasteiger charge is 2.11. The molecule has 1 amide bonds. The molecule has 2 atom stereocenters. The van der Waals surface area contributed by atoms with Crippen molar-refractivity contribution in [3.05, 3.63) is 46.8 Å². The van der Waals surface area contributed by atoms with Crippen LogP contribution in [0.1, 0.15) is 47.6 Å². The second-order valence-electron chi connectivity index (χ2n) is 6.52. The maximum Gasteiger partial charge on any atom is 0.251 e. The highest BCUT2D eigenvalue weighted by Crippen LogP contribution is 2.18. The first-order valence-electron chi connectivity index (χ1n) is 8.47. The Hall–Kier alpha value is -2.34. The lowest BCUT2D eigenvalue weighted by Gasteiger charge is -2.14. The maximum absolute atomic E-state index is 12.1. The molecule has 0 fully saturated rings. The van der Waals surface area contributed by atoms with Crippen molar-refractivity contribution >= 4 is 5.91 Å². The number of aliphatic hydroxyl groups is 1. The fourth-order valence-electron chi connectivity index (χ4n) is 2.60. The van der Waals surface area contributed by atoms with Gasteiger partial charge in [-0.05, 0) is 57.4 Å². The van der Waals surface area contributed by atoms with Crippen LogP contribution in [0.3, 0.4) is 0 Å². The molecule has 6 nitrogen and oxygen atoms in total. The van der Waals surface area contributed by atoms with Gasteiger partial charge in [0, 0.05) is 12.1 Å². The molecule has 1 aromatic heterocycles. The summed E-state index contributed by atoms with van der Waals surface area (Å²) in [6.07, 6.45) is 0.301. The molecule has 0 radical (unpaired) electrons. The molecule has 2 aromatic rings. The Kier molecular flexibility index (Phi) is 6.58. The smallest absolute Gasteiger partial charge is 0.251 e. The topological polar surface area (TPSA) is 84.6 Å². The van der Waals surface area contributed by atoms with Gasteiger partial charge < -0.3 is 19.7 Å². The van der Waals surface area contributed by atoms with Gasteiger partial charge in [-0.1, -0.05) is 12.1 Å². The van der Waals surface area contributed by atoms with E-state index in [4.69, 9.17) is 9.26 Å². The number of benzene rings is 1. The predicted octanol–water partition coefficient (Wildman–Crippen LogP) is 3.01. The molecular weight excluding hydrogens is 320 g/mol. The first-order chi connectivity index (χ1) is 11.9. The summed E-state index contributed by atoms with van der Waals surface area (Å²) in [5, 5.41) is 16.1. The number of aromatic nitrogens is 1. The van der Waals surface area contributed by atoms with Crippen molar-refractivity contribution in [2.75, 3.05) is 6.54 Å². The Labute approximate surface area is 148 Å². The van der Waals surface area contributed by atoms with Gasteiger partial charge in [-0.15, -0.1) is 0 Å². The van der Waals surface area contributed by atoms with Crippen molar-refractivity contribution in [1.29, 1.82) is 0 Å². The quantitative estimate of drug-likeness (QED) is 0.767. The van der Waals surface area contributed by atoms with Gasteiger partial charge in [0.2, 0.25) is 0 Å². The molecule has 2 rings (SSSR count). The number of rotatable bonds is 8. The molecule has 0 spiro atoms. The van der Waals surface area contributed by atoms with Gasteiger partial charge in [0.05, 0.1) is 17.4 Å². The van der Waals surface area contributed by atoms with Gasteiger partial charge in [-0.3, -0.25) is 4.79 Å². The maximum atomic E-state index is 12.1. The predicted molar refractivity (Wildman–Crippen MR) is 94.5 cm³/mol. The van der Waals surface area contributed by atoms with Crippen LogP contribution in [-0.4, -0.2) is 28.8 Å². The first-order valence-corrected chi connectivity index (χ1v) is 8.47. The zero-order valence-electron chi connectivity index (χ0n) is 15.2. The van der Waals surface area contributed by atoms with Gasteiger partial charge >= 0.3 is 0 Å². The number of carbonyl (C=O) groups excluding carboxylic acids is 1. The number of aliphatic hydroxyl groups excluding tert-OH is 1. The van der Waals surface area contributed by atoms with Crippen LogP contribution >= 0.6 is 0 Å². The van der Waals surface area contributed by atoms with E-state index >= 15 is 0 Å². The normalized spacial score (nSPS) is 13.3. The summed E-state index contributed by atoms with van der Waals surface area (Å²) in [5.41, 5.74) is 2.34. The lowest BCUT2D eigenvalue weighted by Crippen LogP contribution is -2.29. The summed E-state index contributed by atoms with van der Waals surface area (Å²) in [6, 6.07) is 7.01. The third-order valence-corrected chi connectivity index (χ3v) is 4.04. The van der Waals surface area contributed by atoms with E-state index in [1.54, 1.807) is 31.2 Å². The van der Waals surface area contributed by atoms with E-state index in [1.165, 1.54) is 0 Å². The lowest BCUT2D eigenvalue weighted by molar-refractivity contribution is 0.0939. The Bertz CT molecular complexity index is 672. The molecule has 2 unspecified atom stereocenters. The molecule has 136 valence electrons. The minimum absolute atomic E-state index is 0.130. The molecule has 0 aliphatic heterocycles. The van der Waals surface area contributed by atoms with Crippen LogP contribution in [0.25, 0.3) is 0 Å². The van der Waals surface area contributed by atoms with E-state index in [-0.39, 0.29) is 17.9 Å². The lowest BCUT2D eigenvalue weighted by atomic mass is 10.0. The molecule has 2 N–H and O–H groups in total. The fourth-order valence-corrected chi connectivity index (χ4v) is 2.60. The number of hydrogen-bond donors (Lipinski definition) is 2. The van der Waals surface area contributed by atoms with Gasteiger partial charge in [0.25, 0.3) is 5.91 Å². The molecular formula is C19H26N2O4. The van der Waals surface area contributed by atoms with Crippen molar-refractivity contribution in [2.45, 2.75) is 46.8 Å². The second-order valence-corrected chi connectivity index (χ2v) is 6.52. The number of aryl methyl sites for hydroxylation is 2. The molecule has 0 aliphatic carbocycles. The zero-order chi connectivity index (χ0) is 18.4. The van der Waals surface area contributed by atoms with Crippen LogP contribution in [0.4, 0.5) is 0 Å². The standard InChI is InChI=1S/C19H26N2O4/c1-12(9-13(2)22)10-20-19(23)16-5-7-17(8-6-16)24-11-18-14(3)21-25-15(18)4/h5-8,12-13,22H,9-11H2,1-4H3,(H,20,23). The van der Waals surface area contributed by atoms with Crippen LogP contribution in [0.2, 0.25) is 0 Å². The van der Waals surface area contributed by atoms with Gasteiger partial charge in [-0.25, -0.2) is 0 Å². The molecule has 25 heavy (non-hydrogen) atoms. The molecule has 0 aliphatic rings. The van der Waals surface area contributed by atoms with E-state index in [9.17, 15) is 9.90 Å². The first kappa shape index (κ1) is 19.0. The number of nitrogens with zero attached hydrogens (tertiary/aromatic N) is 1. The third-order valence-electron chi connectivity index (χ3n) is 4.04. The van der Waals surface area contributed by atoms with E-state index in [1.807, 2.05) is 20.8 Å². The van der Waals surface area contributed by atoms with E-state index in [0.717, 1.165) is 17.0 Å². The molecule has 0 saturated carbocycles. The summed E-state index contributed by atoms with van der Waals surface area (Å²) in [6.45, 7) is 8.39. The van der Waals surface area contributed by atoms with Crippen molar-refractivity contribution in [3.8, 4) is 5.75 Å². The fraction of sp³-hybridized carbons (Fsp3) is 0.474. The zero-order valence-corrected chi connectivity index (χ0v) is 15.2. The van der Waals surface area contributed by atoms with E-state index in [2.05, 4.69) is 10.5 Å². The van der Waals surface area contributed by atoms with Crippen LogP contribution in [0.15, 0.2) is 28.8 Å². The van der Waals surface area contributed by atoms with Crippen molar-refractivity contribution in [3.63, 3.8) is 0 Å². The average Bonchev–Trinajstić information content (AvgIpc) is 2.89. The van der Waals surface area contributed by atoms with E-state index in [0.29, 0.717) is 30.9 Å². The Morgan fingerprint density at radius 1 is 1.28 bits per heavy atom. The van der Waals surface area contributed by atoms with Crippen LogP contribution in [-0.2, 0) is 6.61 Å². The van der Waals surface area contributed by atoms with Crippen LogP contribution in [0.5, 0.6) is 5.75 Å². The minimum Gasteiger partial charge on any atom is -0.489 e.